The van der Waals surface area contributed by atoms with E-state index in [1.165, 1.54) is 11.6 Å². The summed E-state index contributed by atoms with van der Waals surface area (Å²) in [6, 6.07) is 20.2. The number of hydrogen-bond donors (Lipinski definition) is 0. The summed E-state index contributed by atoms with van der Waals surface area (Å²) in [5.41, 5.74) is 2.32. The van der Waals surface area contributed by atoms with Crippen LogP contribution in [0, 0.1) is 0 Å². The molecule has 142 valence electrons. The van der Waals surface area contributed by atoms with Crippen LogP contribution in [0.15, 0.2) is 85.5 Å². The van der Waals surface area contributed by atoms with Crippen molar-refractivity contribution in [1.82, 2.24) is 0 Å². The van der Waals surface area contributed by atoms with E-state index in [0.717, 1.165) is 18.4 Å². The number of ether oxygens (including phenoxy) is 2. The molecule has 0 spiro atoms. The molecule has 0 aromatic heterocycles. The lowest BCUT2D eigenvalue weighted by molar-refractivity contribution is -0.113. The largest absolute Gasteiger partial charge is 0.377 e. The summed E-state index contributed by atoms with van der Waals surface area (Å²) < 4.78 is 11.8. The van der Waals surface area contributed by atoms with E-state index < -0.39 is 0 Å². The van der Waals surface area contributed by atoms with Gasteiger partial charge in [0.25, 0.3) is 0 Å². The Labute approximate surface area is 162 Å². The Morgan fingerprint density at radius 1 is 0.963 bits per heavy atom. The van der Waals surface area contributed by atoms with Crippen LogP contribution in [0.2, 0.25) is 0 Å². The first kappa shape index (κ1) is 20.8. The number of ketones is 1. The van der Waals surface area contributed by atoms with Gasteiger partial charge in [-0.25, -0.2) is 0 Å². The minimum Gasteiger partial charge on any atom is -0.377 e. The van der Waals surface area contributed by atoms with Crippen molar-refractivity contribution in [2.75, 3.05) is 6.61 Å². The highest BCUT2D eigenvalue weighted by molar-refractivity contribution is 5.90. The molecule has 0 unspecified atom stereocenters. The average Bonchev–Trinajstić information content (AvgIpc) is 2.72. The molecule has 3 nitrogen and oxygen atoms in total. The summed E-state index contributed by atoms with van der Waals surface area (Å²) in [5.74, 6) is 0.0132. The molecule has 0 bridgehead atoms. The first-order valence-electron chi connectivity index (χ1n) is 9.37. The topological polar surface area (TPSA) is 35.5 Å². The van der Waals surface area contributed by atoms with Crippen LogP contribution in [-0.4, -0.2) is 18.5 Å². The Morgan fingerprint density at radius 2 is 1.59 bits per heavy atom. The second kappa shape index (κ2) is 12.8. The van der Waals surface area contributed by atoms with E-state index in [1.807, 2.05) is 60.7 Å². The van der Waals surface area contributed by atoms with E-state index in [2.05, 4.69) is 18.7 Å². The van der Waals surface area contributed by atoms with Gasteiger partial charge in [-0.3, -0.25) is 4.79 Å². The quantitative estimate of drug-likeness (QED) is 0.276. The van der Waals surface area contributed by atoms with Gasteiger partial charge in [-0.05, 0) is 30.0 Å². The third-order valence-electron chi connectivity index (χ3n) is 4.09. The monoisotopic (exact) mass is 364 g/mol. The maximum absolute atomic E-state index is 11.4. The molecule has 0 N–H and O–H groups in total. The van der Waals surface area contributed by atoms with Crippen molar-refractivity contribution in [1.29, 1.82) is 0 Å². The van der Waals surface area contributed by atoms with Crippen molar-refractivity contribution >= 4 is 5.78 Å². The Kier molecular flexibility index (Phi) is 9.87. The summed E-state index contributed by atoms with van der Waals surface area (Å²) >= 11 is 0. The fourth-order valence-corrected chi connectivity index (χ4v) is 2.58. The van der Waals surface area contributed by atoms with E-state index in [1.54, 1.807) is 0 Å². The molecule has 2 aromatic carbocycles. The van der Waals surface area contributed by atoms with E-state index in [9.17, 15) is 4.79 Å². The maximum Gasteiger partial charge on any atom is 0.158 e. The SMILES string of the molecule is C=CC(=O)CC=C[C@@H](CCCOCc1ccccc1)OCc1ccccc1. The molecule has 0 amide bonds. The van der Waals surface area contributed by atoms with Gasteiger partial charge in [0.05, 0.1) is 19.3 Å². The predicted molar refractivity (Wildman–Crippen MR) is 109 cm³/mol. The van der Waals surface area contributed by atoms with Crippen molar-refractivity contribution < 1.29 is 14.3 Å². The molecular weight excluding hydrogens is 336 g/mol. The lowest BCUT2D eigenvalue weighted by Crippen LogP contribution is -2.11. The zero-order valence-corrected chi connectivity index (χ0v) is 15.8. The van der Waals surface area contributed by atoms with Crippen LogP contribution < -0.4 is 0 Å². The highest BCUT2D eigenvalue weighted by Crippen LogP contribution is 2.11. The number of allylic oxidation sites excluding steroid dienone is 2. The van der Waals surface area contributed by atoms with Gasteiger partial charge >= 0.3 is 0 Å². The summed E-state index contributed by atoms with van der Waals surface area (Å²) in [6.45, 7) is 5.36. The van der Waals surface area contributed by atoms with Crippen LogP contribution in [0.25, 0.3) is 0 Å². The van der Waals surface area contributed by atoms with Gasteiger partial charge in [0.1, 0.15) is 0 Å². The van der Waals surface area contributed by atoms with Gasteiger partial charge < -0.3 is 9.47 Å². The number of carbonyl (C=O) groups is 1. The Balaban J connectivity index is 1.75. The molecule has 3 heteroatoms. The van der Waals surface area contributed by atoms with Crippen LogP contribution >= 0.6 is 0 Å². The standard InChI is InChI=1S/C24H28O3/c1-2-23(25)15-9-16-24(27-20-22-13-7-4-8-14-22)17-10-18-26-19-21-11-5-3-6-12-21/h2-9,11-14,16,24H,1,10,15,17-20H2/t24-/m0/s1. The highest BCUT2D eigenvalue weighted by atomic mass is 16.5. The Hall–Kier alpha value is -2.49. The number of carbonyl (C=O) groups excluding carboxylic acids is 1. The highest BCUT2D eigenvalue weighted by Gasteiger charge is 2.06. The predicted octanol–water partition coefficient (Wildman–Crippen LogP) is 5.27. The van der Waals surface area contributed by atoms with Crippen LogP contribution in [0.4, 0.5) is 0 Å². The molecule has 1 atom stereocenters. The summed E-state index contributed by atoms with van der Waals surface area (Å²) in [6.07, 6.45) is 7.25. The molecule has 0 saturated carbocycles. The number of hydrogen-bond acceptors (Lipinski definition) is 3. The van der Waals surface area contributed by atoms with Crippen molar-refractivity contribution in [3.05, 3.63) is 96.6 Å². The van der Waals surface area contributed by atoms with Gasteiger partial charge in [0, 0.05) is 13.0 Å². The van der Waals surface area contributed by atoms with Crippen molar-refractivity contribution in [3.8, 4) is 0 Å². The zero-order chi connectivity index (χ0) is 19.2. The van der Waals surface area contributed by atoms with E-state index in [-0.39, 0.29) is 11.9 Å². The van der Waals surface area contributed by atoms with Crippen molar-refractivity contribution in [2.45, 2.75) is 38.6 Å². The molecule has 0 heterocycles. The molecule has 27 heavy (non-hydrogen) atoms. The Morgan fingerprint density at radius 3 is 2.22 bits per heavy atom. The lowest BCUT2D eigenvalue weighted by Gasteiger charge is -2.15. The fraction of sp³-hybridized carbons (Fsp3) is 0.292. The maximum atomic E-state index is 11.4. The number of rotatable bonds is 13. The zero-order valence-electron chi connectivity index (χ0n) is 15.8. The lowest BCUT2D eigenvalue weighted by atomic mass is 10.1. The van der Waals surface area contributed by atoms with E-state index >= 15 is 0 Å². The summed E-state index contributed by atoms with van der Waals surface area (Å²) in [7, 11) is 0. The molecule has 0 fully saturated rings. The van der Waals surface area contributed by atoms with Gasteiger partial charge in [-0.15, -0.1) is 0 Å². The Bertz CT molecular complexity index is 692. The minimum absolute atomic E-state index is 0.0132. The fourth-order valence-electron chi connectivity index (χ4n) is 2.58. The second-order valence-corrected chi connectivity index (χ2v) is 6.32. The van der Waals surface area contributed by atoms with Gasteiger partial charge in [0.2, 0.25) is 0 Å². The van der Waals surface area contributed by atoms with E-state index in [4.69, 9.17) is 9.47 Å². The first-order chi connectivity index (χ1) is 13.3. The third-order valence-corrected chi connectivity index (χ3v) is 4.09. The summed E-state index contributed by atoms with van der Waals surface area (Å²) in [4.78, 5) is 11.4. The smallest absolute Gasteiger partial charge is 0.158 e. The normalized spacial score (nSPS) is 12.1. The van der Waals surface area contributed by atoms with Crippen molar-refractivity contribution in [2.24, 2.45) is 0 Å². The van der Waals surface area contributed by atoms with Crippen molar-refractivity contribution in [3.63, 3.8) is 0 Å². The molecule has 2 aromatic rings. The third kappa shape index (κ3) is 9.13. The molecule has 0 aliphatic heterocycles. The van der Waals surface area contributed by atoms with E-state index in [0.29, 0.717) is 26.2 Å². The van der Waals surface area contributed by atoms with Crippen LogP contribution in [-0.2, 0) is 27.5 Å². The van der Waals surface area contributed by atoms with Gasteiger partial charge in [-0.1, -0.05) is 79.4 Å². The second-order valence-electron chi connectivity index (χ2n) is 6.32. The average molecular weight is 364 g/mol. The molecule has 2 rings (SSSR count). The molecule has 0 aliphatic rings. The molecule has 0 radical (unpaired) electrons. The number of benzene rings is 2. The molecular formula is C24H28O3. The first-order valence-corrected chi connectivity index (χ1v) is 9.37. The van der Waals surface area contributed by atoms with Gasteiger partial charge in [-0.2, -0.15) is 0 Å². The van der Waals surface area contributed by atoms with Crippen LogP contribution in [0.3, 0.4) is 0 Å². The minimum atomic E-state index is -0.0388. The van der Waals surface area contributed by atoms with Crippen LogP contribution in [0.1, 0.15) is 30.4 Å². The molecule has 0 aliphatic carbocycles. The van der Waals surface area contributed by atoms with Crippen LogP contribution in [0.5, 0.6) is 0 Å². The summed E-state index contributed by atoms with van der Waals surface area (Å²) in [5, 5.41) is 0. The molecule has 0 saturated heterocycles. The van der Waals surface area contributed by atoms with Gasteiger partial charge in [0.15, 0.2) is 5.78 Å².